The van der Waals surface area contributed by atoms with Crippen LogP contribution in [-0.2, 0) is 16.0 Å². The summed E-state index contributed by atoms with van der Waals surface area (Å²) >= 11 is 0. The van der Waals surface area contributed by atoms with Crippen molar-refractivity contribution in [2.24, 2.45) is 29.6 Å². The number of carbonyl (C=O) groups is 3. The Bertz CT molecular complexity index is 1160. The number of alkyl halides is 1. The SMILES string of the molecule is C[C@@H](CF)C1CCC(C(=O)N2CC[C@@H](C3CCCCC3)[C@H]2C(=O)Cc2ccc3oc(C(=O)O)cc3c2)CC1. The Hall–Kier alpha value is -2.70. The van der Waals surface area contributed by atoms with Crippen LogP contribution >= 0.6 is 0 Å². The van der Waals surface area contributed by atoms with Gasteiger partial charge in [0, 0.05) is 24.3 Å². The van der Waals surface area contributed by atoms with E-state index in [0.717, 1.165) is 50.5 Å². The molecule has 1 aliphatic heterocycles. The number of fused-ring (bicyclic) bond motifs is 1. The number of benzene rings is 1. The second-order valence-corrected chi connectivity index (χ2v) is 12.0. The molecule has 0 spiro atoms. The van der Waals surface area contributed by atoms with E-state index in [9.17, 15) is 23.9 Å². The van der Waals surface area contributed by atoms with E-state index in [-0.39, 0.29) is 48.3 Å². The quantitative estimate of drug-likeness (QED) is 0.428. The summed E-state index contributed by atoms with van der Waals surface area (Å²) in [6.07, 6.45) is 10.3. The van der Waals surface area contributed by atoms with E-state index in [1.807, 2.05) is 24.0 Å². The van der Waals surface area contributed by atoms with Crippen LogP contribution in [0.4, 0.5) is 4.39 Å². The molecule has 6 nitrogen and oxygen atoms in total. The number of carboxylic acid groups (broad SMARTS) is 1. The van der Waals surface area contributed by atoms with Gasteiger partial charge in [-0.3, -0.25) is 14.0 Å². The van der Waals surface area contributed by atoms with Gasteiger partial charge in [0.1, 0.15) is 5.58 Å². The van der Waals surface area contributed by atoms with Gasteiger partial charge in [0.05, 0.1) is 12.7 Å². The summed E-state index contributed by atoms with van der Waals surface area (Å²) in [5.74, 6) is -0.0629. The van der Waals surface area contributed by atoms with Gasteiger partial charge in [-0.2, -0.15) is 0 Å². The first-order chi connectivity index (χ1) is 18.4. The maximum Gasteiger partial charge on any atom is 0.371 e. The molecule has 2 aliphatic carbocycles. The minimum atomic E-state index is -1.12. The molecule has 1 aromatic carbocycles. The highest BCUT2D eigenvalue weighted by Gasteiger charge is 2.46. The lowest BCUT2D eigenvalue weighted by Crippen LogP contribution is -2.48. The Morgan fingerprint density at radius 2 is 1.76 bits per heavy atom. The number of aromatic carboxylic acids is 1. The molecule has 3 fully saturated rings. The third kappa shape index (κ3) is 5.52. The number of rotatable bonds is 8. The van der Waals surface area contributed by atoms with Crippen LogP contribution in [0.3, 0.4) is 0 Å². The van der Waals surface area contributed by atoms with Gasteiger partial charge in [-0.05, 0) is 79.5 Å². The molecule has 2 saturated carbocycles. The number of nitrogens with zero attached hydrogens (tertiary/aromatic N) is 1. The fourth-order valence-corrected chi connectivity index (χ4v) is 7.44. The maximum absolute atomic E-state index is 13.9. The Kier molecular flexibility index (Phi) is 8.20. The first kappa shape index (κ1) is 26.9. The third-order valence-corrected chi connectivity index (χ3v) is 9.65. The molecule has 1 aromatic heterocycles. The molecule has 2 heterocycles. The number of hydrogen-bond acceptors (Lipinski definition) is 4. The molecule has 0 radical (unpaired) electrons. The van der Waals surface area contributed by atoms with Crippen molar-refractivity contribution in [3.8, 4) is 0 Å². The van der Waals surface area contributed by atoms with Gasteiger partial charge in [-0.15, -0.1) is 0 Å². The lowest BCUT2D eigenvalue weighted by Gasteiger charge is -2.37. The molecule has 3 atom stereocenters. The Labute approximate surface area is 223 Å². The van der Waals surface area contributed by atoms with Gasteiger partial charge in [0.15, 0.2) is 5.78 Å². The van der Waals surface area contributed by atoms with Gasteiger partial charge in [-0.25, -0.2) is 4.79 Å². The number of furan rings is 1. The van der Waals surface area contributed by atoms with E-state index < -0.39 is 12.0 Å². The van der Waals surface area contributed by atoms with Crippen LogP contribution in [0.1, 0.15) is 87.3 Å². The predicted octanol–water partition coefficient (Wildman–Crippen LogP) is 6.45. The number of ketones is 1. The van der Waals surface area contributed by atoms with E-state index in [0.29, 0.717) is 29.3 Å². The van der Waals surface area contributed by atoms with Gasteiger partial charge < -0.3 is 14.4 Å². The molecule has 206 valence electrons. The second kappa shape index (κ2) is 11.6. The lowest BCUT2D eigenvalue weighted by atomic mass is 9.74. The van der Waals surface area contributed by atoms with Gasteiger partial charge in [-0.1, -0.05) is 45.1 Å². The smallest absolute Gasteiger partial charge is 0.371 e. The zero-order valence-electron chi connectivity index (χ0n) is 22.4. The number of Topliss-reactive ketones (excluding diaryl/α,β-unsaturated/α-hetero) is 1. The summed E-state index contributed by atoms with van der Waals surface area (Å²) in [7, 11) is 0. The molecule has 2 aromatic rings. The molecular formula is C31H40FNO5. The fraction of sp³-hybridized carbons (Fsp3) is 0.645. The Morgan fingerprint density at radius 3 is 2.45 bits per heavy atom. The normalized spacial score (nSPS) is 27.5. The van der Waals surface area contributed by atoms with Crippen molar-refractivity contribution in [1.29, 1.82) is 0 Å². The molecular weight excluding hydrogens is 485 g/mol. The second-order valence-electron chi connectivity index (χ2n) is 12.0. The summed E-state index contributed by atoms with van der Waals surface area (Å²) in [5.41, 5.74) is 1.29. The molecule has 1 amide bonds. The van der Waals surface area contributed by atoms with Gasteiger partial charge in [0.25, 0.3) is 0 Å². The average molecular weight is 526 g/mol. The minimum absolute atomic E-state index is 0.0435. The maximum atomic E-state index is 13.9. The first-order valence-electron chi connectivity index (χ1n) is 14.5. The van der Waals surface area contributed by atoms with Crippen LogP contribution < -0.4 is 0 Å². The van der Waals surface area contributed by atoms with Crippen molar-refractivity contribution in [2.75, 3.05) is 13.2 Å². The minimum Gasteiger partial charge on any atom is -0.475 e. The highest BCUT2D eigenvalue weighted by Crippen LogP contribution is 2.42. The molecule has 1 saturated heterocycles. The van der Waals surface area contributed by atoms with Crippen molar-refractivity contribution < 1.29 is 28.3 Å². The summed E-state index contributed by atoms with van der Waals surface area (Å²) in [6, 6.07) is 6.45. The van der Waals surface area contributed by atoms with Crippen LogP contribution in [0.15, 0.2) is 28.7 Å². The lowest BCUT2D eigenvalue weighted by molar-refractivity contribution is -0.143. The standard InChI is InChI=1S/C31H40FNO5/c1-19(18-32)21-8-10-23(11-9-21)30(35)33-14-13-25(22-5-3-2-4-6-22)29(33)26(34)16-20-7-12-27-24(15-20)17-28(38-27)31(36)37/h7,12,15,17,19,21-23,25,29H,2-6,8-11,13-14,16,18H2,1H3,(H,36,37)/t19-,21?,23?,25-,29-/m0/s1. The van der Waals surface area contributed by atoms with Crippen molar-refractivity contribution in [1.82, 2.24) is 4.90 Å². The van der Waals surface area contributed by atoms with Crippen LogP contribution in [0.2, 0.25) is 0 Å². The highest BCUT2D eigenvalue weighted by atomic mass is 19.1. The first-order valence-corrected chi connectivity index (χ1v) is 14.5. The number of hydrogen-bond donors (Lipinski definition) is 1. The highest BCUT2D eigenvalue weighted by molar-refractivity contribution is 5.94. The summed E-state index contributed by atoms with van der Waals surface area (Å²) < 4.78 is 18.6. The number of carbonyl (C=O) groups excluding carboxylic acids is 2. The van der Waals surface area contributed by atoms with Crippen LogP contribution in [0, 0.1) is 29.6 Å². The van der Waals surface area contributed by atoms with Crippen LogP contribution in [0.25, 0.3) is 11.0 Å². The third-order valence-electron chi connectivity index (χ3n) is 9.65. The van der Waals surface area contributed by atoms with E-state index >= 15 is 0 Å². The molecule has 0 unspecified atom stereocenters. The molecule has 0 bridgehead atoms. The molecule has 5 rings (SSSR count). The van der Waals surface area contributed by atoms with Crippen molar-refractivity contribution >= 4 is 28.6 Å². The van der Waals surface area contributed by atoms with Gasteiger partial charge in [0.2, 0.25) is 11.7 Å². The number of carboxylic acids is 1. The average Bonchev–Trinajstić information content (AvgIpc) is 3.58. The Balaban J connectivity index is 1.34. The molecule has 1 N–H and O–H groups in total. The van der Waals surface area contributed by atoms with E-state index in [4.69, 9.17) is 4.42 Å². The monoisotopic (exact) mass is 525 g/mol. The molecule has 7 heteroatoms. The number of amides is 1. The summed E-state index contributed by atoms with van der Waals surface area (Å²) in [4.78, 5) is 41.0. The zero-order valence-corrected chi connectivity index (χ0v) is 22.4. The molecule has 3 aliphatic rings. The largest absolute Gasteiger partial charge is 0.475 e. The van der Waals surface area contributed by atoms with E-state index in [1.165, 1.54) is 25.3 Å². The Morgan fingerprint density at radius 1 is 1.03 bits per heavy atom. The van der Waals surface area contributed by atoms with Gasteiger partial charge >= 0.3 is 5.97 Å². The number of halogens is 1. The van der Waals surface area contributed by atoms with Crippen molar-refractivity contribution in [2.45, 2.75) is 83.6 Å². The van der Waals surface area contributed by atoms with E-state index in [1.54, 1.807) is 6.07 Å². The fourth-order valence-electron chi connectivity index (χ4n) is 7.44. The zero-order chi connectivity index (χ0) is 26.8. The van der Waals surface area contributed by atoms with Crippen molar-refractivity contribution in [3.63, 3.8) is 0 Å². The topological polar surface area (TPSA) is 87.8 Å². The van der Waals surface area contributed by atoms with Crippen LogP contribution in [-0.4, -0.2) is 46.9 Å². The van der Waals surface area contributed by atoms with E-state index in [2.05, 4.69) is 0 Å². The summed E-state index contributed by atoms with van der Waals surface area (Å²) in [6.45, 7) is 2.29. The molecule has 38 heavy (non-hydrogen) atoms. The number of likely N-dealkylation sites (tertiary alicyclic amines) is 1. The van der Waals surface area contributed by atoms with Crippen molar-refractivity contribution in [3.05, 3.63) is 35.6 Å². The predicted molar refractivity (Wildman–Crippen MR) is 143 cm³/mol. The summed E-state index contributed by atoms with van der Waals surface area (Å²) in [5, 5.41) is 9.90. The van der Waals surface area contributed by atoms with Crippen LogP contribution in [0.5, 0.6) is 0 Å².